The summed E-state index contributed by atoms with van der Waals surface area (Å²) in [5, 5.41) is 2.88. The molecule has 0 aliphatic carbocycles. The monoisotopic (exact) mass is 263 g/mol. The second-order valence-corrected chi connectivity index (χ2v) is 3.81. The van der Waals surface area contributed by atoms with Gasteiger partial charge < -0.3 is 14.8 Å². The molecule has 0 fully saturated rings. The molecule has 3 nitrogen and oxygen atoms in total. The van der Waals surface area contributed by atoms with E-state index in [-0.39, 0.29) is 6.54 Å². The van der Waals surface area contributed by atoms with Crippen LogP contribution in [0.5, 0.6) is 0 Å². The van der Waals surface area contributed by atoms with Gasteiger partial charge in [-0.15, -0.1) is 0 Å². The van der Waals surface area contributed by atoms with Crippen LogP contribution in [0.25, 0.3) is 0 Å². The summed E-state index contributed by atoms with van der Waals surface area (Å²) in [5.41, 5.74) is 0.472. The van der Waals surface area contributed by atoms with Crippen molar-refractivity contribution in [2.75, 3.05) is 26.1 Å². The van der Waals surface area contributed by atoms with Crippen molar-refractivity contribution in [2.24, 2.45) is 0 Å². The highest BCUT2D eigenvalue weighted by molar-refractivity contribution is 5.53. The van der Waals surface area contributed by atoms with Crippen molar-refractivity contribution in [1.29, 1.82) is 0 Å². The molecule has 0 saturated carbocycles. The van der Waals surface area contributed by atoms with E-state index < -0.39 is 18.0 Å². The maximum Gasteiger partial charge on any atom is 0.416 e. The lowest BCUT2D eigenvalue weighted by Gasteiger charge is -2.17. The number of rotatable bonds is 5. The average molecular weight is 263 g/mol. The lowest BCUT2D eigenvalue weighted by atomic mass is 10.1. The van der Waals surface area contributed by atoms with Gasteiger partial charge >= 0.3 is 6.18 Å². The van der Waals surface area contributed by atoms with E-state index in [1.54, 1.807) is 6.92 Å². The quantitative estimate of drug-likeness (QED) is 0.828. The van der Waals surface area contributed by atoms with Crippen LogP contribution in [0.2, 0.25) is 0 Å². The van der Waals surface area contributed by atoms with Crippen molar-refractivity contribution in [3.8, 4) is 0 Å². The third kappa shape index (κ3) is 3.89. The fraction of sp³-hybridized carbons (Fsp3) is 0.500. The molecular weight excluding hydrogens is 247 g/mol. The van der Waals surface area contributed by atoms with Crippen molar-refractivity contribution in [3.63, 3.8) is 0 Å². The SMILES string of the molecule is COC(CNc1cc(C(F)(F)F)ccc1C)OC. The predicted octanol–water partition coefficient (Wildman–Crippen LogP) is 3.04. The standard InChI is InChI=1S/C12H16F3NO2/c1-8-4-5-9(12(13,14)15)6-10(8)16-7-11(17-2)18-3/h4-6,11,16H,7H2,1-3H3. The van der Waals surface area contributed by atoms with Crippen LogP contribution < -0.4 is 5.32 Å². The third-order valence-corrected chi connectivity index (χ3v) is 2.55. The zero-order valence-corrected chi connectivity index (χ0v) is 10.5. The van der Waals surface area contributed by atoms with E-state index in [2.05, 4.69) is 5.32 Å². The van der Waals surface area contributed by atoms with E-state index in [4.69, 9.17) is 9.47 Å². The summed E-state index contributed by atoms with van der Waals surface area (Å²) in [6, 6.07) is 3.57. The van der Waals surface area contributed by atoms with Crippen LogP contribution in [-0.2, 0) is 15.7 Å². The number of hydrogen-bond acceptors (Lipinski definition) is 3. The molecule has 0 bridgehead atoms. The van der Waals surface area contributed by atoms with Crippen molar-refractivity contribution in [2.45, 2.75) is 19.4 Å². The third-order valence-electron chi connectivity index (χ3n) is 2.55. The Kier molecular flexibility index (Phi) is 4.98. The molecule has 0 atom stereocenters. The molecular formula is C12H16F3NO2. The van der Waals surface area contributed by atoms with E-state index >= 15 is 0 Å². The van der Waals surface area contributed by atoms with Gasteiger partial charge in [0.25, 0.3) is 0 Å². The normalized spacial score (nSPS) is 11.9. The Morgan fingerprint density at radius 2 is 1.83 bits per heavy atom. The maximum absolute atomic E-state index is 12.6. The maximum atomic E-state index is 12.6. The highest BCUT2D eigenvalue weighted by atomic mass is 19.4. The van der Waals surface area contributed by atoms with Crippen molar-refractivity contribution < 1.29 is 22.6 Å². The van der Waals surface area contributed by atoms with Crippen LogP contribution in [-0.4, -0.2) is 27.1 Å². The molecule has 0 aliphatic rings. The first-order chi connectivity index (χ1) is 8.38. The minimum atomic E-state index is -4.34. The Bertz CT molecular complexity index is 389. The van der Waals surface area contributed by atoms with Crippen LogP contribution in [0.1, 0.15) is 11.1 Å². The Morgan fingerprint density at radius 1 is 1.22 bits per heavy atom. The van der Waals surface area contributed by atoms with Gasteiger partial charge in [-0.3, -0.25) is 0 Å². The lowest BCUT2D eigenvalue weighted by molar-refractivity contribution is -0.137. The van der Waals surface area contributed by atoms with Gasteiger partial charge in [0.05, 0.1) is 12.1 Å². The molecule has 1 rings (SSSR count). The van der Waals surface area contributed by atoms with E-state index in [9.17, 15) is 13.2 Å². The summed E-state index contributed by atoms with van der Waals surface area (Å²) in [7, 11) is 2.93. The first kappa shape index (κ1) is 14.8. The molecule has 0 heterocycles. The molecule has 0 aromatic heterocycles. The van der Waals surface area contributed by atoms with Crippen molar-refractivity contribution >= 4 is 5.69 Å². The minimum Gasteiger partial charge on any atom is -0.380 e. The molecule has 1 N–H and O–H groups in total. The van der Waals surface area contributed by atoms with Gasteiger partial charge in [-0.1, -0.05) is 6.07 Å². The molecule has 102 valence electrons. The Morgan fingerprint density at radius 3 is 2.33 bits per heavy atom. The molecule has 0 unspecified atom stereocenters. The van der Waals surface area contributed by atoms with Gasteiger partial charge in [0, 0.05) is 19.9 Å². The number of ether oxygens (including phenoxy) is 2. The number of alkyl halides is 3. The highest BCUT2D eigenvalue weighted by Gasteiger charge is 2.30. The number of hydrogen-bond donors (Lipinski definition) is 1. The second-order valence-electron chi connectivity index (χ2n) is 3.81. The molecule has 1 aromatic rings. The first-order valence-corrected chi connectivity index (χ1v) is 5.35. The summed E-state index contributed by atoms with van der Waals surface area (Å²) in [5.74, 6) is 0. The molecule has 0 aliphatic heterocycles. The predicted molar refractivity (Wildman–Crippen MR) is 62.5 cm³/mol. The minimum absolute atomic E-state index is 0.273. The molecule has 0 radical (unpaired) electrons. The fourth-order valence-corrected chi connectivity index (χ4v) is 1.44. The van der Waals surface area contributed by atoms with E-state index in [0.29, 0.717) is 5.69 Å². The van der Waals surface area contributed by atoms with Crippen molar-refractivity contribution in [1.82, 2.24) is 0 Å². The van der Waals surface area contributed by atoms with E-state index in [1.807, 2.05) is 0 Å². The van der Waals surface area contributed by atoms with Gasteiger partial charge in [0.2, 0.25) is 0 Å². The summed E-state index contributed by atoms with van der Waals surface area (Å²) in [6.45, 7) is 2.01. The van der Waals surface area contributed by atoms with Crippen LogP contribution in [0.3, 0.4) is 0 Å². The molecule has 6 heteroatoms. The van der Waals surface area contributed by atoms with E-state index in [1.165, 1.54) is 20.3 Å². The van der Waals surface area contributed by atoms with Gasteiger partial charge in [-0.25, -0.2) is 0 Å². The zero-order chi connectivity index (χ0) is 13.8. The summed E-state index contributed by atoms with van der Waals surface area (Å²) in [6.07, 6.45) is -4.84. The van der Waals surface area contributed by atoms with E-state index in [0.717, 1.165) is 17.7 Å². The Hall–Kier alpha value is -1.27. The van der Waals surface area contributed by atoms with Gasteiger partial charge in [-0.2, -0.15) is 13.2 Å². The van der Waals surface area contributed by atoms with Crippen LogP contribution >= 0.6 is 0 Å². The molecule has 18 heavy (non-hydrogen) atoms. The summed E-state index contributed by atoms with van der Waals surface area (Å²) in [4.78, 5) is 0. The second kappa shape index (κ2) is 6.06. The number of nitrogens with one attached hydrogen (secondary N) is 1. The fourth-order valence-electron chi connectivity index (χ4n) is 1.44. The highest BCUT2D eigenvalue weighted by Crippen LogP contribution is 2.31. The molecule has 0 spiro atoms. The van der Waals surface area contributed by atoms with Crippen LogP contribution in [0.4, 0.5) is 18.9 Å². The van der Waals surface area contributed by atoms with Crippen LogP contribution in [0.15, 0.2) is 18.2 Å². The Labute approximate surface area is 104 Å². The summed E-state index contributed by atoms with van der Waals surface area (Å²) >= 11 is 0. The Balaban J connectivity index is 2.82. The zero-order valence-electron chi connectivity index (χ0n) is 10.5. The summed E-state index contributed by atoms with van der Waals surface area (Å²) < 4.78 is 47.6. The van der Waals surface area contributed by atoms with Crippen molar-refractivity contribution in [3.05, 3.63) is 29.3 Å². The number of halogens is 3. The molecule has 1 aromatic carbocycles. The topological polar surface area (TPSA) is 30.5 Å². The molecule has 0 saturated heterocycles. The lowest BCUT2D eigenvalue weighted by Crippen LogP contribution is -2.24. The van der Waals surface area contributed by atoms with Gasteiger partial charge in [0.1, 0.15) is 0 Å². The van der Waals surface area contributed by atoms with Gasteiger partial charge in [-0.05, 0) is 24.6 Å². The molecule has 0 amide bonds. The number of aryl methyl sites for hydroxylation is 1. The number of anilines is 1. The largest absolute Gasteiger partial charge is 0.416 e. The number of methoxy groups -OCH3 is 2. The first-order valence-electron chi connectivity index (χ1n) is 5.35. The smallest absolute Gasteiger partial charge is 0.380 e. The number of benzene rings is 1. The average Bonchev–Trinajstić information content (AvgIpc) is 2.31. The van der Waals surface area contributed by atoms with Crippen LogP contribution in [0, 0.1) is 6.92 Å². The van der Waals surface area contributed by atoms with Gasteiger partial charge in [0.15, 0.2) is 6.29 Å².